The van der Waals surface area contributed by atoms with E-state index in [-0.39, 0.29) is 41.9 Å². The summed E-state index contributed by atoms with van der Waals surface area (Å²) in [6.45, 7) is -0.584. The standard InChI is InChI=1S/C25H36O9/c1-31-22-11-16(5-7-20(22)29)10-18(8-9-26)21(34-15-27)14-19(28)6-4-17-12-23(32-2)25(30)24(13-17)33-3/h5,7,11-13,18-19,21,26-30H,4,6,8-10,14-15H2,1-3H3/t18-,19-,21+/m0/s1. The maximum Gasteiger partial charge on any atom is 0.200 e. The van der Waals surface area contributed by atoms with Gasteiger partial charge in [-0.15, -0.1) is 0 Å². The predicted octanol–water partition coefficient (Wildman–Crippen LogP) is 2.38. The van der Waals surface area contributed by atoms with E-state index in [4.69, 9.17) is 18.9 Å². The molecule has 3 atom stereocenters. The highest BCUT2D eigenvalue weighted by Gasteiger charge is 2.26. The van der Waals surface area contributed by atoms with Gasteiger partial charge in [-0.2, -0.15) is 0 Å². The van der Waals surface area contributed by atoms with Crippen LogP contribution in [-0.2, 0) is 17.6 Å². The Morgan fingerprint density at radius 3 is 2.00 bits per heavy atom. The number of phenolic OH excluding ortho intramolecular Hbond substituents is 2. The van der Waals surface area contributed by atoms with Gasteiger partial charge in [-0.25, -0.2) is 0 Å². The molecule has 0 aromatic heterocycles. The fraction of sp³-hybridized carbons (Fsp3) is 0.520. The zero-order chi connectivity index (χ0) is 25.1. The molecule has 0 bridgehead atoms. The van der Waals surface area contributed by atoms with Crippen molar-refractivity contribution in [3.8, 4) is 28.7 Å². The SMILES string of the molecule is COc1cc(C[C@H](CCO)[C@@H](C[C@@H](O)CCc2cc(OC)c(O)c(OC)c2)OCO)ccc1O. The van der Waals surface area contributed by atoms with E-state index < -0.39 is 19.0 Å². The van der Waals surface area contributed by atoms with Crippen LogP contribution in [0.25, 0.3) is 0 Å². The summed E-state index contributed by atoms with van der Waals surface area (Å²) in [4.78, 5) is 0. The smallest absolute Gasteiger partial charge is 0.200 e. The number of aliphatic hydroxyl groups excluding tert-OH is 3. The van der Waals surface area contributed by atoms with E-state index in [2.05, 4.69) is 0 Å². The summed E-state index contributed by atoms with van der Waals surface area (Å²) in [5, 5.41) is 49.7. The van der Waals surface area contributed by atoms with Gasteiger partial charge >= 0.3 is 0 Å². The second-order valence-corrected chi connectivity index (χ2v) is 8.09. The van der Waals surface area contributed by atoms with Gasteiger partial charge in [0.25, 0.3) is 0 Å². The number of aryl methyl sites for hydroxylation is 1. The summed E-state index contributed by atoms with van der Waals surface area (Å²) < 4.78 is 21.1. The highest BCUT2D eigenvalue weighted by molar-refractivity contribution is 5.52. The van der Waals surface area contributed by atoms with Gasteiger partial charge in [0.05, 0.1) is 33.5 Å². The maximum absolute atomic E-state index is 10.7. The molecule has 0 amide bonds. The van der Waals surface area contributed by atoms with Gasteiger partial charge in [-0.05, 0) is 73.4 Å². The van der Waals surface area contributed by atoms with Gasteiger partial charge in [-0.1, -0.05) is 6.07 Å². The van der Waals surface area contributed by atoms with Crippen molar-refractivity contribution in [1.29, 1.82) is 0 Å². The third-order valence-corrected chi connectivity index (χ3v) is 5.87. The zero-order valence-corrected chi connectivity index (χ0v) is 19.9. The van der Waals surface area contributed by atoms with Gasteiger partial charge in [-0.3, -0.25) is 0 Å². The number of hydrogen-bond acceptors (Lipinski definition) is 9. The van der Waals surface area contributed by atoms with Crippen molar-refractivity contribution in [2.75, 3.05) is 34.7 Å². The number of benzene rings is 2. The van der Waals surface area contributed by atoms with Crippen LogP contribution in [0.5, 0.6) is 28.7 Å². The first-order chi connectivity index (χ1) is 16.4. The second-order valence-electron chi connectivity index (χ2n) is 8.09. The summed E-state index contributed by atoms with van der Waals surface area (Å²) in [5.41, 5.74) is 1.70. The van der Waals surface area contributed by atoms with Crippen LogP contribution in [0.3, 0.4) is 0 Å². The third-order valence-electron chi connectivity index (χ3n) is 5.87. The minimum Gasteiger partial charge on any atom is -0.504 e. The number of aromatic hydroxyl groups is 2. The van der Waals surface area contributed by atoms with Gasteiger partial charge in [0, 0.05) is 6.61 Å². The molecule has 9 heteroatoms. The monoisotopic (exact) mass is 480 g/mol. The molecular weight excluding hydrogens is 444 g/mol. The molecule has 0 aliphatic carbocycles. The summed E-state index contributed by atoms with van der Waals surface area (Å²) in [5.74, 6) is 0.694. The minimum absolute atomic E-state index is 0.0334. The molecule has 0 radical (unpaired) electrons. The average Bonchev–Trinajstić information content (AvgIpc) is 2.83. The molecule has 0 saturated carbocycles. The van der Waals surface area contributed by atoms with E-state index >= 15 is 0 Å². The first-order valence-electron chi connectivity index (χ1n) is 11.2. The highest BCUT2D eigenvalue weighted by atomic mass is 16.6. The van der Waals surface area contributed by atoms with Crippen molar-refractivity contribution in [1.82, 2.24) is 0 Å². The second kappa shape index (κ2) is 13.9. The van der Waals surface area contributed by atoms with Gasteiger partial charge in [0.2, 0.25) is 5.75 Å². The van der Waals surface area contributed by atoms with Gasteiger partial charge < -0.3 is 44.5 Å². The molecule has 34 heavy (non-hydrogen) atoms. The zero-order valence-electron chi connectivity index (χ0n) is 19.9. The summed E-state index contributed by atoms with van der Waals surface area (Å²) in [7, 11) is 4.38. The fourth-order valence-corrected chi connectivity index (χ4v) is 4.04. The van der Waals surface area contributed by atoms with Crippen LogP contribution in [0.1, 0.15) is 30.4 Å². The third kappa shape index (κ3) is 7.66. The van der Waals surface area contributed by atoms with E-state index in [1.807, 2.05) is 0 Å². The van der Waals surface area contributed by atoms with Crippen LogP contribution in [-0.4, -0.2) is 72.5 Å². The lowest BCUT2D eigenvalue weighted by Crippen LogP contribution is -2.31. The Kier molecular flexibility index (Phi) is 11.2. The lowest BCUT2D eigenvalue weighted by atomic mass is 9.87. The molecule has 0 aliphatic rings. The van der Waals surface area contributed by atoms with Crippen molar-refractivity contribution in [2.24, 2.45) is 5.92 Å². The number of methoxy groups -OCH3 is 3. The highest BCUT2D eigenvalue weighted by Crippen LogP contribution is 2.37. The van der Waals surface area contributed by atoms with Gasteiger partial charge in [0.15, 0.2) is 23.0 Å². The summed E-state index contributed by atoms with van der Waals surface area (Å²) >= 11 is 0. The Hall–Kier alpha value is -2.72. The molecule has 2 rings (SSSR count). The lowest BCUT2D eigenvalue weighted by Gasteiger charge is -2.28. The van der Waals surface area contributed by atoms with Gasteiger partial charge in [0.1, 0.15) is 6.79 Å². The van der Waals surface area contributed by atoms with Crippen molar-refractivity contribution in [3.05, 3.63) is 41.5 Å². The van der Waals surface area contributed by atoms with Crippen LogP contribution in [0, 0.1) is 5.92 Å². The molecule has 5 N–H and O–H groups in total. The predicted molar refractivity (Wildman–Crippen MR) is 126 cm³/mol. The number of phenols is 2. The van der Waals surface area contributed by atoms with Crippen molar-refractivity contribution in [2.45, 2.75) is 44.3 Å². The van der Waals surface area contributed by atoms with Crippen molar-refractivity contribution < 1.29 is 44.5 Å². The largest absolute Gasteiger partial charge is 0.504 e. The van der Waals surface area contributed by atoms with Crippen LogP contribution >= 0.6 is 0 Å². The summed E-state index contributed by atoms with van der Waals surface area (Å²) in [6, 6.07) is 8.41. The van der Waals surface area contributed by atoms with Crippen LogP contribution < -0.4 is 14.2 Å². The molecule has 0 saturated heterocycles. The number of rotatable bonds is 15. The fourth-order valence-electron chi connectivity index (χ4n) is 4.04. The first-order valence-corrected chi connectivity index (χ1v) is 11.2. The Morgan fingerprint density at radius 1 is 0.824 bits per heavy atom. The van der Waals surface area contributed by atoms with E-state index in [1.54, 1.807) is 30.3 Å². The molecule has 9 nitrogen and oxygen atoms in total. The van der Waals surface area contributed by atoms with E-state index in [0.717, 1.165) is 11.1 Å². The molecule has 190 valence electrons. The van der Waals surface area contributed by atoms with E-state index in [0.29, 0.717) is 31.4 Å². The lowest BCUT2D eigenvalue weighted by molar-refractivity contribution is -0.0921. The Bertz CT molecular complexity index is 862. The molecule has 0 heterocycles. The van der Waals surface area contributed by atoms with Crippen LogP contribution in [0.2, 0.25) is 0 Å². The number of hydrogen-bond donors (Lipinski definition) is 5. The normalized spacial score (nSPS) is 13.8. The molecule has 0 spiro atoms. The van der Waals surface area contributed by atoms with Crippen LogP contribution in [0.4, 0.5) is 0 Å². The van der Waals surface area contributed by atoms with Crippen molar-refractivity contribution in [3.63, 3.8) is 0 Å². The topological polar surface area (TPSA) is 138 Å². The molecule has 2 aromatic rings. The van der Waals surface area contributed by atoms with Crippen LogP contribution in [0.15, 0.2) is 30.3 Å². The Morgan fingerprint density at radius 2 is 1.44 bits per heavy atom. The van der Waals surface area contributed by atoms with E-state index in [9.17, 15) is 25.5 Å². The average molecular weight is 481 g/mol. The number of ether oxygens (including phenoxy) is 4. The molecule has 2 aromatic carbocycles. The van der Waals surface area contributed by atoms with Crippen molar-refractivity contribution >= 4 is 0 Å². The van der Waals surface area contributed by atoms with E-state index in [1.165, 1.54) is 21.3 Å². The molecule has 0 aliphatic heterocycles. The molecule has 0 unspecified atom stereocenters. The quantitative estimate of drug-likeness (QED) is 0.243. The maximum atomic E-state index is 10.7. The molecular formula is C25H36O9. The molecule has 0 fully saturated rings. The minimum atomic E-state index is -0.738. The number of aliphatic hydroxyl groups is 3. The summed E-state index contributed by atoms with van der Waals surface area (Å²) in [6.07, 6.45) is 0.829. The Labute approximate surface area is 200 Å². The first kappa shape index (κ1) is 27.5. The Balaban J connectivity index is 2.09.